The molecule has 0 aromatic heterocycles. The molecule has 1 amide bonds. The first-order chi connectivity index (χ1) is 7.12. The average molecular weight is 238 g/mol. The Morgan fingerprint density at radius 3 is 2.38 bits per heavy atom. The summed E-state index contributed by atoms with van der Waals surface area (Å²) in [5, 5.41) is 4.86. The van der Waals surface area contributed by atoms with Crippen LogP contribution < -0.4 is 10.6 Å². The van der Waals surface area contributed by atoms with Gasteiger partial charge in [-0.15, -0.1) is 0 Å². The van der Waals surface area contributed by atoms with Gasteiger partial charge in [-0.2, -0.15) is 13.2 Å². The first-order valence-corrected chi connectivity index (χ1v) is 5.22. The van der Waals surface area contributed by atoms with Crippen LogP contribution in [0.1, 0.15) is 27.2 Å². The molecule has 0 aromatic rings. The second kappa shape index (κ2) is 4.24. The molecular weight excluding hydrogens is 221 g/mol. The van der Waals surface area contributed by atoms with Gasteiger partial charge in [-0.25, -0.2) is 0 Å². The predicted octanol–water partition coefficient (Wildman–Crippen LogP) is 1.44. The van der Waals surface area contributed by atoms with Gasteiger partial charge in [0.15, 0.2) is 0 Å². The van der Waals surface area contributed by atoms with Crippen LogP contribution in [0.25, 0.3) is 0 Å². The van der Waals surface area contributed by atoms with Crippen molar-refractivity contribution in [3.05, 3.63) is 0 Å². The van der Waals surface area contributed by atoms with E-state index in [0.717, 1.165) is 6.42 Å². The van der Waals surface area contributed by atoms with Crippen LogP contribution in [0, 0.1) is 5.41 Å². The number of hydrogen-bond donors (Lipinski definition) is 2. The van der Waals surface area contributed by atoms with Crippen LogP contribution in [0.2, 0.25) is 0 Å². The molecule has 0 bridgehead atoms. The topological polar surface area (TPSA) is 41.1 Å². The van der Waals surface area contributed by atoms with Crippen molar-refractivity contribution in [2.75, 3.05) is 6.54 Å². The first kappa shape index (κ1) is 13.3. The third-order valence-corrected chi connectivity index (χ3v) is 2.82. The van der Waals surface area contributed by atoms with Crippen molar-refractivity contribution in [3.63, 3.8) is 0 Å². The molecule has 0 heterocycles. The van der Waals surface area contributed by atoms with E-state index in [-0.39, 0.29) is 11.5 Å². The lowest BCUT2D eigenvalue weighted by atomic mass is 10.2. The zero-order chi connectivity index (χ0) is 12.6. The molecule has 0 spiro atoms. The maximum atomic E-state index is 11.8. The van der Waals surface area contributed by atoms with E-state index in [1.165, 1.54) is 0 Å². The molecule has 1 aliphatic rings. The molecule has 1 fully saturated rings. The molecule has 2 N–H and O–H groups in total. The molecule has 0 saturated heterocycles. The van der Waals surface area contributed by atoms with E-state index in [1.54, 1.807) is 6.92 Å². The fourth-order valence-corrected chi connectivity index (χ4v) is 1.47. The summed E-state index contributed by atoms with van der Waals surface area (Å²) in [5.74, 6) is -0.611. The maximum absolute atomic E-state index is 11.8. The molecule has 3 nitrogen and oxygen atoms in total. The number of carbonyl (C=O) groups is 1. The minimum atomic E-state index is -4.35. The highest BCUT2D eigenvalue weighted by atomic mass is 19.4. The number of halogens is 3. The van der Waals surface area contributed by atoms with Crippen LogP contribution in [0.3, 0.4) is 0 Å². The fourth-order valence-electron chi connectivity index (χ4n) is 1.47. The fraction of sp³-hybridized carbons (Fsp3) is 0.900. The Morgan fingerprint density at radius 1 is 1.50 bits per heavy atom. The zero-order valence-electron chi connectivity index (χ0n) is 9.61. The van der Waals surface area contributed by atoms with Crippen molar-refractivity contribution in [2.24, 2.45) is 5.41 Å². The summed E-state index contributed by atoms with van der Waals surface area (Å²) in [5.41, 5.74) is 0.151. The lowest BCUT2D eigenvalue weighted by Gasteiger charge is -2.16. The van der Waals surface area contributed by atoms with E-state index < -0.39 is 24.7 Å². The van der Waals surface area contributed by atoms with E-state index in [0.29, 0.717) is 0 Å². The summed E-state index contributed by atoms with van der Waals surface area (Å²) in [6.07, 6.45) is -3.40. The van der Waals surface area contributed by atoms with Crippen LogP contribution in [0.4, 0.5) is 13.2 Å². The normalized spacial score (nSPS) is 25.0. The van der Waals surface area contributed by atoms with Crippen molar-refractivity contribution < 1.29 is 18.0 Å². The minimum Gasteiger partial charge on any atom is -0.346 e. The van der Waals surface area contributed by atoms with E-state index in [1.807, 2.05) is 19.2 Å². The van der Waals surface area contributed by atoms with Crippen molar-refractivity contribution in [1.29, 1.82) is 0 Å². The Hall–Kier alpha value is -0.780. The second-order valence-electron chi connectivity index (χ2n) is 4.97. The number of amides is 1. The number of hydrogen-bond acceptors (Lipinski definition) is 2. The third-order valence-electron chi connectivity index (χ3n) is 2.82. The lowest BCUT2D eigenvalue weighted by molar-refractivity contribution is -0.139. The summed E-state index contributed by atoms with van der Waals surface area (Å²) in [6, 6.07) is -0.367. The van der Waals surface area contributed by atoms with E-state index in [4.69, 9.17) is 0 Å². The smallest absolute Gasteiger partial charge is 0.346 e. The summed E-state index contributed by atoms with van der Waals surface area (Å²) in [4.78, 5) is 11.3. The van der Waals surface area contributed by atoms with Crippen LogP contribution in [-0.4, -0.2) is 30.7 Å². The van der Waals surface area contributed by atoms with Crippen LogP contribution in [0.15, 0.2) is 0 Å². The minimum absolute atomic E-state index is 0.151. The summed E-state index contributed by atoms with van der Waals surface area (Å²) in [7, 11) is 0. The van der Waals surface area contributed by atoms with E-state index in [9.17, 15) is 18.0 Å². The summed E-state index contributed by atoms with van der Waals surface area (Å²) in [6.45, 7) is 4.39. The molecule has 16 heavy (non-hydrogen) atoms. The van der Waals surface area contributed by atoms with Crippen LogP contribution in [0.5, 0.6) is 0 Å². The van der Waals surface area contributed by atoms with Gasteiger partial charge in [-0.05, 0) is 18.8 Å². The Kier molecular flexibility index (Phi) is 3.52. The molecule has 6 heteroatoms. The van der Waals surface area contributed by atoms with Gasteiger partial charge >= 0.3 is 6.18 Å². The Bertz CT molecular complexity index is 276. The van der Waals surface area contributed by atoms with Crippen molar-refractivity contribution >= 4 is 5.91 Å². The molecule has 0 aliphatic heterocycles. The molecule has 2 atom stereocenters. The maximum Gasteiger partial charge on any atom is 0.405 e. The SMILES string of the molecule is CC(NC1CC1(C)C)C(=O)NCC(F)(F)F. The van der Waals surface area contributed by atoms with Crippen molar-refractivity contribution in [1.82, 2.24) is 10.6 Å². The summed E-state index contributed by atoms with van der Waals surface area (Å²) < 4.78 is 35.5. The molecule has 0 aromatic carbocycles. The molecule has 94 valence electrons. The number of nitrogens with one attached hydrogen (secondary N) is 2. The monoisotopic (exact) mass is 238 g/mol. The summed E-state index contributed by atoms with van der Waals surface area (Å²) >= 11 is 0. The Labute approximate surface area is 92.8 Å². The van der Waals surface area contributed by atoms with Gasteiger partial charge < -0.3 is 10.6 Å². The van der Waals surface area contributed by atoms with Gasteiger partial charge in [0, 0.05) is 6.04 Å². The van der Waals surface area contributed by atoms with Crippen molar-refractivity contribution in [2.45, 2.75) is 45.5 Å². The Morgan fingerprint density at radius 2 is 2.00 bits per heavy atom. The lowest BCUT2D eigenvalue weighted by Crippen LogP contribution is -2.46. The van der Waals surface area contributed by atoms with Crippen LogP contribution in [-0.2, 0) is 4.79 Å². The zero-order valence-corrected chi connectivity index (χ0v) is 9.61. The van der Waals surface area contributed by atoms with E-state index >= 15 is 0 Å². The molecule has 1 saturated carbocycles. The predicted molar refractivity (Wildman–Crippen MR) is 53.8 cm³/mol. The highest BCUT2D eigenvalue weighted by Gasteiger charge is 2.46. The van der Waals surface area contributed by atoms with E-state index in [2.05, 4.69) is 5.32 Å². The molecular formula is C10H17F3N2O. The van der Waals surface area contributed by atoms with Crippen molar-refractivity contribution in [3.8, 4) is 0 Å². The van der Waals surface area contributed by atoms with Gasteiger partial charge in [0.05, 0.1) is 6.04 Å². The number of rotatable bonds is 4. The number of alkyl halides is 3. The quantitative estimate of drug-likeness (QED) is 0.778. The van der Waals surface area contributed by atoms with Gasteiger partial charge in [-0.1, -0.05) is 13.8 Å². The second-order valence-corrected chi connectivity index (χ2v) is 4.97. The highest BCUT2D eigenvalue weighted by molar-refractivity contribution is 5.81. The molecule has 2 unspecified atom stereocenters. The highest BCUT2D eigenvalue weighted by Crippen LogP contribution is 2.44. The van der Waals surface area contributed by atoms with Crippen LogP contribution >= 0.6 is 0 Å². The standard InChI is InChI=1S/C10H17F3N2O/c1-6(15-7-4-9(7,2)3)8(16)14-5-10(11,12)13/h6-7,15H,4-5H2,1-3H3,(H,14,16). The molecule has 1 rings (SSSR count). The average Bonchev–Trinajstić information content (AvgIpc) is 2.68. The van der Waals surface area contributed by atoms with Gasteiger partial charge in [-0.3, -0.25) is 4.79 Å². The third kappa shape index (κ3) is 4.00. The Balaban J connectivity index is 2.27. The number of carbonyl (C=O) groups excluding carboxylic acids is 1. The molecule has 0 radical (unpaired) electrons. The van der Waals surface area contributed by atoms with Gasteiger partial charge in [0.25, 0.3) is 0 Å². The molecule has 1 aliphatic carbocycles. The largest absolute Gasteiger partial charge is 0.405 e. The van der Waals surface area contributed by atoms with Gasteiger partial charge in [0.2, 0.25) is 5.91 Å². The first-order valence-electron chi connectivity index (χ1n) is 5.22. The van der Waals surface area contributed by atoms with Gasteiger partial charge in [0.1, 0.15) is 6.54 Å².